The van der Waals surface area contributed by atoms with Crippen molar-refractivity contribution in [2.75, 3.05) is 13.2 Å². The maximum absolute atomic E-state index is 12.7. The van der Waals surface area contributed by atoms with Crippen LogP contribution in [-0.2, 0) is 29.9 Å². The predicted molar refractivity (Wildman–Crippen MR) is 120 cm³/mol. The highest BCUT2D eigenvalue weighted by Crippen LogP contribution is 2.28. The summed E-state index contributed by atoms with van der Waals surface area (Å²) >= 11 is 0. The molecule has 0 atom stereocenters. The van der Waals surface area contributed by atoms with Crippen LogP contribution < -0.4 is 4.74 Å². The number of nitro groups is 1. The second kappa shape index (κ2) is 10.1. The summed E-state index contributed by atoms with van der Waals surface area (Å²) in [5.41, 5.74) is 0.682. The van der Waals surface area contributed by atoms with Gasteiger partial charge < -0.3 is 4.74 Å². The number of sulfone groups is 1. The van der Waals surface area contributed by atoms with Gasteiger partial charge in [-0.1, -0.05) is 35.9 Å². The summed E-state index contributed by atoms with van der Waals surface area (Å²) in [6.45, 7) is 1.27. The molecule has 0 aliphatic carbocycles. The highest BCUT2D eigenvalue weighted by Gasteiger charge is 2.21. The van der Waals surface area contributed by atoms with E-state index in [-0.39, 0.29) is 40.0 Å². The van der Waals surface area contributed by atoms with Crippen molar-refractivity contribution in [2.24, 2.45) is 0 Å². The number of hydrogen-bond donors (Lipinski definition) is 0. The highest BCUT2D eigenvalue weighted by molar-refractivity contribution is 7.90. The number of nitrogens with zero attached hydrogens (tertiary/aromatic N) is 1. The van der Waals surface area contributed by atoms with Crippen molar-refractivity contribution in [3.63, 3.8) is 0 Å². The monoisotopic (exact) mass is 491 g/mol. The number of non-ortho nitro benzene ring substituents is 1. The number of ether oxygens (including phenoxy) is 1. The minimum absolute atomic E-state index is 0.00178. The quantitative estimate of drug-likeness (QED) is 0.182. The molecule has 0 fully saturated rings. The molecule has 0 N–H and O–H groups in total. The summed E-state index contributed by atoms with van der Waals surface area (Å²) < 4.78 is 60.5. The van der Waals surface area contributed by atoms with Gasteiger partial charge in [-0.15, -0.1) is 0 Å². The smallest absolute Gasteiger partial charge is 0.297 e. The Balaban J connectivity index is 1.73. The van der Waals surface area contributed by atoms with Gasteiger partial charge in [-0.25, -0.2) is 8.42 Å². The summed E-state index contributed by atoms with van der Waals surface area (Å²) in [5.74, 6) is -0.451. The van der Waals surface area contributed by atoms with Crippen molar-refractivity contribution in [2.45, 2.75) is 22.5 Å². The van der Waals surface area contributed by atoms with Gasteiger partial charge in [0.2, 0.25) is 0 Å². The molecule has 0 unspecified atom stereocenters. The maximum Gasteiger partial charge on any atom is 0.297 e. The molecule has 0 aliphatic rings. The fourth-order valence-corrected chi connectivity index (χ4v) is 5.18. The fourth-order valence-electron chi connectivity index (χ4n) is 2.92. The zero-order valence-corrected chi connectivity index (χ0v) is 19.2. The van der Waals surface area contributed by atoms with E-state index in [0.717, 1.165) is 11.6 Å². The van der Waals surface area contributed by atoms with Gasteiger partial charge in [0.15, 0.2) is 9.84 Å². The highest BCUT2D eigenvalue weighted by atomic mass is 32.2. The lowest BCUT2D eigenvalue weighted by Gasteiger charge is -2.12. The molecule has 33 heavy (non-hydrogen) atoms. The SMILES string of the molecule is Cc1ccc(S(=O)(=O)OCCOc2ccc([N+](=O)[O-])cc2CS(=O)(=O)c2ccccc2)cc1. The topological polar surface area (TPSA) is 130 Å². The van der Waals surface area contributed by atoms with E-state index in [1.807, 2.05) is 6.92 Å². The van der Waals surface area contributed by atoms with Crippen molar-refractivity contribution in [1.29, 1.82) is 0 Å². The van der Waals surface area contributed by atoms with E-state index in [0.29, 0.717) is 0 Å². The Labute approximate surface area is 191 Å². The summed E-state index contributed by atoms with van der Waals surface area (Å²) in [7, 11) is -7.79. The van der Waals surface area contributed by atoms with E-state index >= 15 is 0 Å². The zero-order chi connectivity index (χ0) is 24.1. The van der Waals surface area contributed by atoms with Crippen LogP contribution in [0.25, 0.3) is 0 Å². The average molecular weight is 492 g/mol. The van der Waals surface area contributed by atoms with E-state index in [9.17, 15) is 26.9 Å². The summed E-state index contributed by atoms with van der Waals surface area (Å²) in [6, 6.07) is 17.4. The largest absolute Gasteiger partial charge is 0.491 e. The molecule has 0 heterocycles. The zero-order valence-electron chi connectivity index (χ0n) is 17.6. The maximum atomic E-state index is 12.7. The molecule has 0 aromatic heterocycles. The minimum Gasteiger partial charge on any atom is -0.491 e. The van der Waals surface area contributed by atoms with Crippen LogP contribution in [0, 0.1) is 17.0 Å². The van der Waals surface area contributed by atoms with Crippen LogP contribution >= 0.6 is 0 Å². The van der Waals surface area contributed by atoms with Crippen molar-refractivity contribution < 1.29 is 30.7 Å². The second-order valence-electron chi connectivity index (χ2n) is 7.06. The van der Waals surface area contributed by atoms with Crippen molar-refractivity contribution in [3.8, 4) is 5.75 Å². The van der Waals surface area contributed by atoms with Gasteiger partial charge in [-0.2, -0.15) is 8.42 Å². The molecular formula is C22H21NO8S2. The summed E-state index contributed by atoms with van der Waals surface area (Å²) in [6.07, 6.45) is 0. The van der Waals surface area contributed by atoms with E-state index < -0.39 is 30.6 Å². The van der Waals surface area contributed by atoms with E-state index in [1.54, 1.807) is 30.3 Å². The molecule has 9 nitrogen and oxygen atoms in total. The molecule has 0 radical (unpaired) electrons. The van der Waals surface area contributed by atoms with Gasteiger partial charge in [0.05, 0.1) is 20.5 Å². The lowest BCUT2D eigenvalue weighted by Crippen LogP contribution is -2.14. The predicted octanol–water partition coefficient (Wildman–Crippen LogP) is 3.66. The second-order valence-corrected chi connectivity index (χ2v) is 10.7. The number of nitro benzene ring substituents is 1. The molecule has 0 spiro atoms. The Kier molecular flexibility index (Phi) is 7.46. The number of aryl methyl sites for hydroxylation is 1. The molecule has 0 aliphatic heterocycles. The Hall–Kier alpha value is -3.28. The first-order valence-electron chi connectivity index (χ1n) is 9.72. The molecule has 0 bridgehead atoms. The molecule has 3 aromatic rings. The first-order valence-corrected chi connectivity index (χ1v) is 12.8. The van der Waals surface area contributed by atoms with Gasteiger partial charge in [-0.05, 0) is 37.3 Å². The van der Waals surface area contributed by atoms with Crippen LogP contribution in [0.5, 0.6) is 5.75 Å². The Morgan fingerprint density at radius 3 is 2.15 bits per heavy atom. The Morgan fingerprint density at radius 2 is 1.52 bits per heavy atom. The van der Waals surface area contributed by atoms with Crippen LogP contribution in [0.3, 0.4) is 0 Å². The van der Waals surface area contributed by atoms with Crippen LogP contribution in [0.15, 0.2) is 82.6 Å². The van der Waals surface area contributed by atoms with Crippen LogP contribution in [0.4, 0.5) is 5.69 Å². The Bertz CT molecular complexity index is 1340. The van der Waals surface area contributed by atoms with Crippen molar-refractivity contribution in [1.82, 2.24) is 0 Å². The molecule has 11 heteroatoms. The van der Waals surface area contributed by atoms with Gasteiger partial charge in [0, 0.05) is 17.7 Å². The van der Waals surface area contributed by atoms with Crippen LogP contribution in [0.2, 0.25) is 0 Å². The lowest BCUT2D eigenvalue weighted by atomic mass is 10.2. The van der Waals surface area contributed by atoms with Gasteiger partial charge >= 0.3 is 0 Å². The summed E-state index contributed by atoms with van der Waals surface area (Å²) in [5, 5.41) is 11.2. The minimum atomic E-state index is -3.99. The molecule has 0 saturated heterocycles. The standard InChI is InChI=1S/C22H21NO8S2/c1-17-7-10-21(11-8-17)33(28,29)31-14-13-30-22-12-9-19(23(24)25)15-18(22)16-32(26,27)20-5-3-2-4-6-20/h2-12,15H,13-14,16H2,1H3. The first-order chi connectivity index (χ1) is 15.6. The molecular weight excluding hydrogens is 470 g/mol. The van der Waals surface area contributed by atoms with Gasteiger partial charge in [-0.3, -0.25) is 14.3 Å². The molecule has 0 saturated carbocycles. The fraction of sp³-hybridized carbons (Fsp3) is 0.182. The van der Waals surface area contributed by atoms with Gasteiger partial charge in [0.1, 0.15) is 19.0 Å². The first kappa shape index (κ1) is 24.4. The Morgan fingerprint density at radius 1 is 0.848 bits per heavy atom. The van der Waals surface area contributed by atoms with Crippen LogP contribution in [0.1, 0.15) is 11.1 Å². The molecule has 3 aromatic carbocycles. The third-order valence-corrected chi connectivity index (χ3v) is 7.60. The van der Waals surface area contributed by atoms with E-state index in [4.69, 9.17) is 8.92 Å². The van der Waals surface area contributed by atoms with Crippen molar-refractivity contribution >= 4 is 25.6 Å². The lowest BCUT2D eigenvalue weighted by molar-refractivity contribution is -0.384. The number of benzene rings is 3. The third-order valence-electron chi connectivity index (χ3n) is 4.59. The normalized spacial score (nSPS) is 11.8. The van der Waals surface area contributed by atoms with Crippen molar-refractivity contribution in [3.05, 3.63) is 94.0 Å². The molecule has 3 rings (SSSR count). The average Bonchev–Trinajstić information content (AvgIpc) is 2.78. The summed E-state index contributed by atoms with van der Waals surface area (Å²) in [4.78, 5) is 10.6. The third kappa shape index (κ3) is 6.37. The van der Waals surface area contributed by atoms with E-state index in [1.165, 1.54) is 36.4 Å². The molecule has 174 valence electrons. The number of hydrogen-bond acceptors (Lipinski definition) is 8. The van der Waals surface area contributed by atoms with Crippen LogP contribution in [-0.4, -0.2) is 35.0 Å². The van der Waals surface area contributed by atoms with Gasteiger partial charge in [0.25, 0.3) is 15.8 Å². The molecule has 0 amide bonds. The number of rotatable bonds is 10. The van der Waals surface area contributed by atoms with E-state index in [2.05, 4.69) is 0 Å².